The Bertz CT molecular complexity index is 776. The standard InChI is InChI=1S/C16H11Cl3N2O2/c17-12-3-1-2-11(8-12)16(23)21-20-15(22)7-5-10-4-6-13(18)9-14(10)19/h1-9H,(H,20,22)(H,21,23)/b7-5+. The molecule has 0 aliphatic heterocycles. The molecule has 0 spiro atoms. The van der Waals surface area contributed by atoms with Crippen molar-refractivity contribution in [2.75, 3.05) is 0 Å². The van der Waals surface area contributed by atoms with Crippen LogP contribution in [-0.4, -0.2) is 11.8 Å². The fourth-order valence-electron chi connectivity index (χ4n) is 1.66. The van der Waals surface area contributed by atoms with Gasteiger partial charge in [0, 0.05) is 26.7 Å². The van der Waals surface area contributed by atoms with Gasteiger partial charge in [-0.05, 0) is 42.0 Å². The average Bonchev–Trinajstić information content (AvgIpc) is 2.51. The van der Waals surface area contributed by atoms with Gasteiger partial charge in [-0.2, -0.15) is 0 Å². The fourth-order valence-corrected chi connectivity index (χ4v) is 2.33. The van der Waals surface area contributed by atoms with E-state index in [4.69, 9.17) is 34.8 Å². The van der Waals surface area contributed by atoms with Crippen LogP contribution in [0.1, 0.15) is 15.9 Å². The number of hydrazine groups is 1. The highest BCUT2D eigenvalue weighted by atomic mass is 35.5. The molecule has 0 heterocycles. The van der Waals surface area contributed by atoms with Crippen LogP contribution < -0.4 is 10.9 Å². The number of amides is 2. The number of halogens is 3. The molecule has 2 N–H and O–H groups in total. The SMILES string of the molecule is O=C(/C=C/c1ccc(Cl)cc1Cl)NNC(=O)c1cccc(Cl)c1. The molecule has 0 fully saturated rings. The number of carbonyl (C=O) groups excluding carboxylic acids is 2. The monoisotopic (exact) mass is 368 g/mol. The van der Waals surface area contributed by atoms with Gasteiger partial charge in [-0.25, -0.2) is 0 Å². The molecule has 23 heavy (non-hydrogen) atoms. The number of hydrogen-bond donors (Lipinski definition) is 2. The van der Waals surface area contributed by atoms with E-state index < -0.39 is 11.8 Å². The maximum atomic E-state index is 11.8. The van der Waals surface area contributed by atoms with Crippen molar-refractivity contribution in [3.8, 4) is 0 Å². The van der Waals surface area contributed by atoms with Gasteiger partial charge >= 0.3 is 0 Å². The topological polar surface area (TPSA) is 58.2 Å². The first-order valence-electron chi connectivity index (χ1n) is 6.45. The summed E-state index contributed by atoms with van der Waals surface area (Å²) in [6.45, 7) is 0. The molecule has 0 aliphatic rings. The molecule has 2 amide bonds. The summed E-state index contributed by atoms with van der Waals surface area (Å²) in [7, 11) is 0. The van der Waals surface area contributed by atoms with Crippen LogP contribution in [0.15, 0.2) is 48.5 Å². The van der Waals surface area contributed by atoms with Crippen molar-refractivity contribution < 1.29 is 9.59 Å². The van der Waals surface area contributed by atoms with Crippen LogP contribution in [0, 0.1) is 0 Å². The van der Waals surface area contributed by atoms with Crippen molar-refractivity contribution in [2.45, 2.75) is 0 Å². The fraction of sp³-hybridized carbons (Fsp3) is 0. The van der Waals surface area contributed by atoms with Gasteiger partial charge in [0.2, 0.25) is 0 Å². The average molecular weight is 370 g/mol. The molecule has 0 saturated carbocycles. The first-order chi connectivity index (χ1) is 11.0. The van der Waals surface area contributed by atoms with Gasteiger partial charge in [0.05, 0.1) is 0 Å². The highest BCUT2D eigenvalue weighted by Gasteiger charge is 2.06. The normalized spacial score (nSPS) is 10.6. The van der Waals surface area contributed by atoms with E-state index in [1.165, 1.54) is 18.2 Å². The van der Waals surface area contributed by atoms with Gasteiger partial charge in [-0.1, -0.05) is 46.9 Å². The zero-order chi connectivity index (χ0) is 16.8. The maximum Gasteiger partial charge on any atom is 0.269 e. The summed E-state index contributed by atoms with van der Waals surface area (Å²) in [4.78, 5) is 23.5. The minimum Gasteiger partial charge on any atom is -0.268 e. The number of carbonyl (C=O) groups is 2. The summed E-state index contributed by atoms with van der Waals surface area (Å²) in [6, 6.07) is 11.3. The van der Waals surface area contributed by atoms with Crippen molar-refractivity contribution in [1.29, 1.82) is 0 Å². The molecule has 0 saturated heterocycles. The van der Waals surface area contributed by atoms with Gasteiger partial charge < -0.3 is 0 Å². The lowest BCUT2D eigenvalue weighted by Crippen LogP contribution is -2.40. The van der Waals surface area contributed by atoms with Crippen molar-refractivity contribution in [3.63, 3.8) is 0 Å². The molecule has 118 valence electrons. The minimum atomic E-state index is -0.508. The largest absolute Gasteiger partial charge is 0.269 e. The zero-order valence-corrected chi connectivity index (χ0v) is 13.9. The molecule has 0 aromatic heterocycles. The van der Waals surface area contributed by atoms with E-state index in [0.29, 0.717) is 26.2 Å². The first-order valence-corrected chi connectivity index (χ1v) is 7.58. The van der Waals surface area contributed by atoms with Crippen LogP contribution in [0.3, 0.4) is 0 Å². The third kappa shape index (κ3) is 5.28. The van der Waals surface area contributed by atoms with Gasteiger partial charge in [0.1, 0.15) is 0 Å². The van der Waals surface area contributed by atoms with Crippen LogP contribution in [0.25, 0.3) is 6.08 Å². The summed E-state index contributed by atoms with van der Waals surface area (Å²) in [5, 5.41) is 1.36. The summed E-state index contributed by atoms with van der Waals surface area (Å²) in [5.74, 6) is -0.981. The van der Waals surface area contributed by atoms with Crippen molar-refractivity contribution in [3.05, 3.63) is 74.7 Å². The minimum absolute atomic E-state index is 0.336. The molecule has 4 nitrogen and oxygen atoms in total. The predicted octanol–water partition coefficient (Wildman–Crippen LogP) is 4.12. The van der Waals surface area contributed by atoms with E-state index >= 15 is 0 Å². The van der Waals surface area contributed by atoms with E-state index in [1.54, 1.807) is 36.4 Å². The summed E-state index contributed by atoms with van der Waals surface area (Å²) in [5.41, 5.74) is 5.51. The Morgan fingerprint density at radius 1 is 0.913 bits per heavy atom. The van der Waals surface area contributed by atoms with Gasteiger partial charge in [-0.3, -0.25) is 20.4 Å². The highest BCUT2D eigenvalue weighted by molar-refractivity contribution is 6.35. The van der Waals surface area contributed by atoms with E-state index in [9.17, 15) is 9.59 Å². The number of hydrogen-bond acceptors (Lipinski definition) is 2. The molecule has 0 bridgehead atoms. The highest BCUT2D eigenvalue weighted by Crippen LogP contribution is 2.21. The number of benzene rings is 2. The number of rotatable bonds is 3. The lowest BCUT2D eigenvalue weighted by molar-refractivity contribution is -0.117. The van der Waals surface area contributed by atoms with Crippen molar-refractivity contribution in [2.24, 2.45) is 0 Å². The van der Waals surface area contributed by atoms with E-state index in [2.05, 4.69) is 10.9 Å². The van der Waals surface area contributed by atoms with E-state index in [0.717, 1.165) is 0 Å². The Morgan fingerprint density at radius 3 is 2.35 bits per heavy atom. The summed E-state index contributed by atoms with van der Waals surface area (Å²) < 4.78 is 0. The van der Waals surface area contributed by atoms with E-state index in [1.807, 2.05) is 0 Å². The lowest BCUT2D eigenvalue weighted by atomic mass is 10.2. The van der Waals surface area contributed by atoms with Gasteiger partial charge in [0.15, 0.2) is 0 Å². The second kappa shape index (κ2) is 8.02. The third-order valence-electron chi connectivity index (χ3n) is 2.76. The summed E-state index contributed by atoms with van der Waals surface area (Å²) in [6.07, 6.45) is 2.76. The summed E-state index contributed by atoms with van der Waals surface area (Å²) >= 11 is 17.6. The Hall–Kier alpha value is -2.01. The van der Waals surface area contributed by atoms with Gasteiger partial charge in [0.25, 0.3) is 11.8 Å². The molecular weight excluding hydrogens is 359 g/mol. The molecule has 0 atom stereocenters. The van der Waals surface area contributed by atoms with Gasteiger partial charge in [-0.15, -0.1) is 0 Å². The second-order valence-electron chi connectivity index (χ2n) is 4.45. The maximum absolute atomic E-state index is 11.8. The second-order valence-corrected chi connectivity index (χ2v) is 5.73. The quantitative estimate of drug-likeness (QED) is 0.631. The van der Waals surface area contributed by atoms with Crippen molar-refractivity contribution >= 4 is 52.7 Å². The molecule has 0 radical (unpaired) electrons. The smallest absolute Gasteiger partial charge is 0.268 e. The molecule has 0 unspecified atom stereocenters. The lowest BCUT2D eigenvalue weighted by Gasteiger charge is -2.05. The third-order valence-corrected chi connectivity index (χ3v) is 3.56. The number of nitrogens with one attached hydrogen (secondary N) is 2. The van der Waals surface area contributed by atoms with E-state index in [-0.39, 0.29) is 0 Å². The Kier molecular flexibility index (Phi) is 6.04. The first kappa shape index (κ1) is 17.3. The molecule has 7 heteroatoms. The Balaban J connectivity index is 1.92. The van der Waals surface area contributed by atoms with Crippen LogP contribution in [0.2, 0.25) is 15.1 Å². The molecule has 2 rings (SSSR count). The molecule has 0 aliphatic carbocycles. The molecule has 2 aromatic carbocycles. The predicted molar refractivity (Wildman–Crippen MR) is 92.6 cm³/mol. The molecule has 2 aromatic rings. The van der Waals surface area contributed by atoms with Crippen molar-refractivity contribution in [1.82, 2.24) is 10.9 Å². The zero-order valence-electron chi connectivity index (χ0n) is 11.6. The van der Waals surface area contributed by atoms with Crippen LogP contribution in [-0.2, 0) is 4.79 Å². The van der Waals surface area contributed by atoms with Crippen LogP contribution in [0.4, 0.5) is 0 Å². The van der Waals surface area contributed by atoms with Crippen LogP contribution in [0.5, 0.6) is 0 Å². The van der Waals surface area contributed by atoms with Crippen LogP contribution >= 0.6 is 34.8 Å². The molecular formula is C16H11Cl3N2O2. The Labute approximate surface area is 148 Å². The Morgan fingerprint density at radius 2 is 1.65 bits per heavy atom.